The minimum absolute atomic E-state index is 0. The van der Waals surface area contributed by atoms with Crippen molar-refractivity contribution in [1.82, 2.24) is 0 Å². The van der Waals surface area contributed by atoms with Gasteiger partial charge in [-0.1, -0.05) is 0 Å². The number of halogens is 2. The van der Waals surface area contributed by atoms with Crippen molar-refractivity contribution < 1.29 is 23.2 Å². The summed E-state index contributed by atoms with van der Waals surface area (Å²) in [5.74, 6) is 0.295. The van der Waals surface area contributed by atoms with Gasteiger partial charge in [0.1, 0.15) is 12.6 Å². The molecule has 0 saturated carbocycles. The van der Waals surface area contributed by atoms with E-state index in [-0.39, 0.29) is 12.4 Å². The number of aliphatic hydroxyl groups excluding tert-OH is 1. The van der Waals surface area contributed by atoms with E-state index in [1.165, 1.54) is 0 Å². The highest BCUT2D eigenvalue weighted by atomic mass is 35.5. The Labute approximate surface area is 54.1 Å². The van der Waals surface area contributed by atoms with Crippen molar-refractivity contribution in [3.8, 4) is 0 Å². The van der Waals surface area contributed by atoms with Crippen LogP contribution in [0, 0.1) is 0 Å². The Morgan fingerprint density at radius 3 is 2.14 bits per heavy atom. The maximum absolute atomic E-state index is 8.47. The molecule has 0 radical (unpaired) electrons. The number of alkyl halides is 1. The summed E-state index contributed by atoms with van der Waals surface area (Å²) < 4.78 is 0. The van der Waals surface area contributed by atoms with Crippen LogP contribution in [0.2, 0.25) is 0 Å². The van der Waals surface area contributed by atoms with Crippen LogP contribution in [0.3, 0.4) is 0 Å². The third-order valence-corrected chi connectivity index (χ3v) is 0.868. The van der Waals surface area contributed by atoms with Crippen molar-refractivity contribution in [2.24, 2.45) is 0 Å². The lowest BCUT2D eigenvalue weighted by Gasteiger charge is -1.94. The molecule has 1 atom stereocenters. The van der Waals surface area contributed by atoms with Crippen molar-refractivity contribution in [3.63, 3.8) is 0 Å². The summed E-state index contributed by atoms with van der Waals surface area (Å²) in [7, 11) is 0. The fraction of sp³-hybridized carbons (Fsp3) is 1.00. The monoisotopic (exact) mass is 145 g/mol. The molecule has 0 fully saturated rings. The van der Waals surface area contributed by atoms with E-state index in [0.29, 0.717) is 12.4 Å². The van der Waals surface area contributed by atoms with Gasteiger partial charge in [0.2, 0.25) is 0 Å². The molecule has 0 amide bonds. The fourth-order valence-corrected chi connectivity index (χ4v) is 0.231. The van der Waals surface area contributed by atoms with Gasteiger partial charge in [0, 0.05) is 0 Å². The first kappa shape index (κ1) is 10.5. The van der Waals surface area contributed by atoms with Gasteiger partial charge < -0.3 is 23.2 Å². The van der Waals surface area contributed by atoms with Crippen molar-refractivity contribution in [3.05, 3.63) is 0 Å². The zero-order chi connectivity index (χ0) is 4.99. The summed E-state index contributed by atoms with van der Waals surface area (Å²) in [5, 5.41) is 8.47. The first-order valence-corrected chi connectivity index (χ1v) is 2.38. The summed E-state index contributed by atoms with van der Waals surface area (Å²) in [4.78, 5) is 0. The molecule has 0 aromatic carbocycles. The molecule has 0 spiro atoms. The number of quaternary nitrogens is 1. The number of rotatable bonds is 2. The Morgan fingerprint density at radius 1 is 1.71 bits per heavy atom. The summed E-state index contributed by atoms with van der Waals surface area (Å²) in [6, 6.07) is 0. The van der Waals surface area contributed by atoms with E-state index in [4.69, 9.17) is 16.7 Å². The van der Waals surface area contributed by atoms with Gasteiger partial charge >= 0.3 is 0 Å². The van der Waals surface area contributed by atoms with Crippen LogP contribution in [0.25, 0.3) is 0 Å². The molecule has 0 aliphatic heterocycles. The molecular formula is C3H9Cl2NO. The lowest BCUT2D eigenvalue weighted by atomic mass is 10.4. The Morgan fingerprint density at radius 2 is 2.14 bits per heavy atom. The fourth-order valence-electron chi connectivity index (χ4n) is 0.0772. The lowest BCUT2D eigenvalue weighted by Crippen LogP contribution is -3.00. The van der Waals surface area contributed by atoms with Crippen LogP contribution in [0.1, 0.15) is 0 Å². The van der Waals surface area contributed by atoms with E-state index >= 15 is 0 Å². The van der Waals surface area contributed by atoms with Crippen LogP contribution in [-0.2, 0) is 0 Å². The van der Waals surface area contributed by atoms with Crippen LogP contribution in [-0.4, -0.2) is 23.6 Å². The average molecular weight is 146 g/mol. The molecule has 4 N–H and O–H groups in total. The predicted octanol–water partition coefficient (Wildman–Crippen LogP) is -4.17. The molecule has 1 unspecified atom stereocenters. The minimum atomic E-state index is -0.410. The van der Waals surface area contributed by atoms with Crippen molar-refractivity contribution in [2.45, 2.75) is 6.10 Å². The second-order valence-corrected chi connectivity index (χ2v) is 1.41. The second-order valence-electron chi connectivity index (χ2n) is 1.10. The molecule has 2 nitrogen and oxygen atoms in total. The van der Waals surface area contributed by atoms with Crippen LogP contribution in [0.4, 0.5) is 0 Å². The van der Waals surface area contributed by atoms with Gasteiger partial charge in [0.25, 0.3) is 0 Å². The van der Waals surface area contributed by atoms with E-state index in [2.05, 4.69) is 5.73 Å². The third-order valence-electron chi connectivity index (χ3n) is 0.511. The molecular weight excluding hydrogens is 137 g/mol. The molecule has 0 saturated heterocycles. The normalized spacial score (nSPS) is 12.4. The van der Waals surface area contributed by atoms with Crippen LogP contribution < -0.4 is 18.1 Å². The van der Waals surface area contributed by atoms with Gasteiger partial charge in [0.05, 0.1) is 5.88 Å². The van der Waals surface area contributed by atoms with E-state index in [1.54, 1.807) is 0 Å². The number of aliphatic hydroxyl groups is 1. The quantitative estimate of drug-likeness (QED) is 0.381. The molecule has 0 heterocycles. The standard InChI is InChI=1S/C3H8ClNO.ClH/c4-1-3(6)2-5;/h3,6H,1-2,5H2;1H. The van der Waals surface area contributed by atoms with Gasteiger partial charge in [-0.2, -0.15) is 0 Å². The van der Waals surface area contributed by atoms with Crippen molar-refractivity contribution in [1.29, 1.82) is 0 Å². The maximum Gasteiger partial charge on any atom is 0.116 e. The molecule has 4 heteroatoms. The predicted molar refractivity (Wildman–Crippen MR) is 24.5 cm³/mol. The molecule has 0 aromatic rings. The minimum Gasteiger partial charge on any atom is -1.00 e. The zero-order valence-electron chi connectivity index (χ0n) is 3.90. The molecule has 0 aliphatic carbocycles. The molecule has 0 rings (SSSR count). The van der Waals surface area contributed by atoms with Crippen LogP contribution >= 0.6 is 11.6 Å². The zero-order valence-corrected chi connectivity index (χ0v) is 5.41. The summed E-state index contributed by atoms with van der Waals surface area (Å²) in [6.45, 7) is 0.503. The van der Waals surface area contributed by atoms with Gasteiger partial charge in [-0.3, -0.25) is 0 Å². The third kappa shape index (κ3) is 6.50. The van der Waals surface area contributed by atoms with Gasteiger partial charge in [-0.05, 0) is 0 Å². The molecule has 7 heavy (non-hydrogen) atoms. The van der Waals surface area contributed by atoms with Crippen molar-refractivity contribution >= 4 is 11.6 Å². The lowest BCUT2D eigenvalue weighted by molar-refractivity contribution is -0.381. The summed E-state index contributed by atoms with van der Waals surface area (Å²) in [5.41, 5.74) is 3.42. The topological polar surface area (TPSA) is 47.9 Å². The van der Waals surface area contributed by atoms with Gasteiger partial charge in [-0.15, -0.1) is 11.6 Å². The summed E-state index contributed by atoms with van der Waals surface area (Å²) in [6.07, 6.45) is -0.410. The molecule has 46 valence electrons. The highest BCUT2D eigenvalue weighted by Gasteiger charge is 1.96. The van der Waals surface area contributed by atoms with Crippen molar-refractivity contribution in [2.75, 3.05) is 12.4 Å². The Kier molecular flexibility index (Phi) is 9.73. The average Bonchev–Trinajstić information content (AvgIpc) is 1.65. The number of hydrogen-bond acceptors (Lipinski definition) is 1. The van der Waals surface area contributed by atoms with E-state index in [9.17, 15) is 0 Å². The SMILES string of the molecule is [Cl-].[NH3+]CC(O)CCl. The Hall–Kier alpha value is 0.500. The number of hydrogen-bond donors (Lipinski definition) is 2. The molecule has 0 bridgehead atoms. The Bertz CT molecular complexity index is 32.1. The first-order chi connectivity index (χ1) is 2.81. The maximum atomic E-state index is 8.47. The molecule has 0 aromatic heterocycles. The van der Waals surface area contributed by atoms with E-state index in [0.717, 1.165) is 0 Å². The van der Waals surface area contributed by atoms with E-state index in [1.807, 2.05) is 0 Å². The largest absolute Gasteiger partial charge is 1.00 e. The van der Waals surface area contributed by atoms with E-state index < -0.39 is 6.10 Å². The highest BCUT2D eigenvalue weighted by molar-refractivity contribution is 6.18. The van der Waals surface area contributed by atoms with Gasteiger partial charge in [-0.25, -0.2) is 0 Å². The van der Waals surface area contributed by atoms with Crippen LogP contribution in [0.5, 0.6) is 0 Å². The Balaban J connectivity index is 0. The highest BCUT2D eigenvalue weighted by Crippen LogP contribution is 1.79. The second kappa shape index (κ2) is 6.50. The molecule has 0 aliphatic rings. The van der Waals surface area contributed by atoms with Gasteiger partial charge in [0.15, 0.2) is 0 Å². The first-order valence-electron chi connectivity index (χ1n) is 1.84. The summed E-state index contributed by atoms with van der Waals surface area (Å²) >= 11 is 5.16. The smallest absolute Gasteiger partial charge is 0.116 e. The van der Waals surface area contributed by atoms with Crippen LogP contribution in [0.15, 0.2) is 0 Å².